The molecule has 1 heterocycles. The van der Waals surface area contributed by atoms with Gasteiger partial charge in [-0.05, 0) is 17.6 Å². The van der Waals surface area contributed by atoms with Crippen molar-refractivity contribution in [1.82, 2.24) is 0 Å². The van der Waals surface area contributed by atoms with E-state index in [0.717, 1.165) is 17.7 Å². The van der Waals surface area contributed by atoms with Gasteiger partial charge in [0.15, 0.2) is 0 Å². The molecule has 2 heteroatoms. The van der Waals surface area contributed by atoms with Crippen LogP contribution in [0.15, 0.2) is 24.0 Å². The van der Waals surface area contributed by atoms with Crippen molar-refractivity contribution in [2.75, 3.05) is 6.61 Å². The summed E-state index contributed by atoms with van der Waals surface area (Å²) in [6, 6.07) is 5.91. The molecule has 1 nitrogen and oxygen atoms in total. The Hall–Kier alpha value is -1.31. The maximum absolute atomic E-state index is 13.6. The minimum absolute atomic E-state index is 0.0705. The molecule has 86 valence electrons. The molecule has 1 aliphatic rings. The zero-order valence-corrected chi connectivity index (χ0v) is 9.79. The van der Waals surface area contributed by atoms with Gasteiger partial charge < -0.3 is 4.74 Å². The first-order valence-corrected chi connectivity index (χ1v) is 5.77. The Morgan fingerprint density at radius 2 is 2.31 bits per heavy atom. The van der Waals surface area contributed by atoms with Crippen molar-refractivity contribution >= 4 is 6.08 Å². The standard InChI is InChI=1S/C14H17FO/c1-10(2)8-13(15)9-12-5-3-4-11-6-7-16-14(11)12/h3-5,9-10H,6-8H2,1-2H3/b13-9-. The zero-order chi connectivity index (χ0) is 11.5. The first-order chi connectivity index (χ1) is 7.66. The summed E-state index contributed by atoms with van der Waals surface area (Å²) < 4.78 is 19.1. The lowest BCUT2D eigenvalue weighted by Crippen LogP contribution is -1.90. The minimum atomic E-state index is -0.0705. The highest BCUT2D eigenvalue weighted by Crippen LogP contribution is 2.31. The van der Waals surface area contributed by atoms with Gasteiger partial charge in [-0.15, -0.1) is 0 Å². The smallest absolute Gasteiger partial charge is 0.129 e. The van der Waals surface area contributed by atoms with Crippen molar-refractivity contribution in [2.45, 2.75) is 26.7 Å². The quantitative estimate of drug-likeness (QED) is 0.748. The van der Waals surface area contributed by atoms with E-state index < -0.39 is 0 Å². The van der Waals surface area contributed by atoms with Crippen LogP contribution >= 0.6 is 0 Å². The van der Waals surface area contributed by atoms with Crippen LogP contribution in [0.4, 0.5) is 4.39 Å². The Balaban J connectivity index is 2.25. The second-order valence-corrected chi connectivity index (χ2v) is 4.62. The Morgan fingerprint density at radius 3 is 3.06 bits per heavy atom. The van der Waals surface area contributed by atoms with E-state index in [2.05, 4.69) is 0 Å². The number of rotatable bonds is 3. The summed E-state index contributed by atoms with van der Waals surface area (Å²) in [5, 5.41) is 0. The average Bonchev–Trinajstić information content (AvgIpc) is 2.65. The number of allylic oxidation sites excluding steroid dienone is 1. The lowest BCUT2D eigenvalue weighted by atomic mass is 10.1. The number of halogens is 1. The summed E-state index contributed by atoms with van der Waals surface area (Å²) in [6.07, 6.45) is 3.02. The highest BCUT2D eigenvalue weighted by Gasteiger charge is 2.15. The Bertz CT molecular complexity index is 407. The largest absolute Gasteiger partial charge is 0.492 e. The monoisotopic (exact) mass is 220 g/mol. The fraction of sp³-hybridized carbons (Fsp3) is 0.429. The number of benzene rings is 1. The van der Waals surface area contributed by atoms with E-state index >= 15 is 0 Å². The highest BCUT2D eigenvalue weighted by molar-refractivity contribution is 5.62. The molecule has 1 aromatic rings. The maximum Gasteiger partial charge on any atom is 0.129 e. The van der Waals surface area contributed by atoms with E-state index in [4.69, 9.17) is 4.74 Å². The maximum atomic E-state index is 13.6. The van der Waals surface area contributed by atoms with Gasteiger partial charge in [-0.3, -0.25) is 0 Å². The zero-order valence-electron chi connectivity index (χ0n) is 9.79. The Labute approximate surface area is 95.9 Å². The molecule has 0 amide bonds. The SMILES string of the molecule is CC(C)C/C(F)=C/c1cccc2c1OCC2. The van der Waals surface area contributed by atoms with Crippen LogP contribution in [-0.2, 0) is 6.42 Å². The van der Waals surface area contributed by atoms with E-state index in [1.807, 2.05) is 32.0 Å². The molecule has 0 unspecified atom stereocenters. The Kier molecular flexibility index (Phi) is 3.28. The summed E-state index contributed by atoms with van der Waals surface area (Å²) in [5.74, 6) is 1.13. The van der Waals surface area contributed by atoms with E-state index in [0.29, 0.717) is 18.9 Å². The second kappa shape index (κ2) is 4.69. The number of ether oxygens (including phenoxy) is 1. The van der Waals surface area contributed by atoms with Crippen LogP contribution in [0, 0.1) is 5.92 Å². The molecule has 0 saturated carbocycles. The van der Waals surface area contributed by atoms with Gasteiger partial charge in [0.1, 0.15) is 11.6 Å². The van der Waals surface area contributed by atoms with Crippen molar-refractivity contribution in [3.63, 3.8) is 0 Å². The molecule has 0 saturated heterocycles. The summed E-state index contributed by atoms with van der Waals surface area (Å²) >= 11 is 0. The molecule has 0 bridgehead atoms. The predicted molar refractivity (Wildman–Crippen MR) is 64.2 cm³/mol. The first kappa shape index (κ1) is 11.2. The van der Waals surface area contributed by atoms with Crippen LogP contribution in [0.1, 0.15) is 31.4 Å². The third-order valence-corrected chi connectivity index (χ3v) is 2.66. The number of hydrogen-bond donors (Lipinski definition) is 0. The van der Waals surface area contributed by atoms with Gasteiger partial charge in [0.25, 0.3) is 0 Å². The van der Waals surface area contributed by atoms with E-state index in [1.165, 1.54) is 5.56 Å². The molecular weight excluding hydrogens is 203 g/mol. The summed E-state index contributed by atoms with van der Waals surface area (Å²) in [5.41, 5.74) is 2.05. The highest BCUT2D eigenvalue weighted by atomic mass is 19.1. The predicted octanol–water partition coefficient (Wildman–Crippen LogP) is 3.98. The van der Waals surface area contributed by atoms with Crippen LogP contribution in [0.2, 0.25) is 0 Å². The van der Waals surface area contributed by atoms with Gasteiger partial charge >= 0.3 is 0 Å². The molecule has 2 rings (SSSR count). The fourth-order valence-corrected chi connectivity index (χ4v) is 1.97. The topological polar surface area (TPSA) is 9.23 Å². The molecule has 0 aliphatic carbocycles. The van der Waals surface area contributed by atoms with Gasteiger partial charge in [-0.25, -0.2) is 4.39 Å². The van der Waals surface area contributed by atoms with Crippen LogP contribution in [0.25, 0.3) is 6.08 Å². The molecule has 1 aromatic carbocycles. The van der Waals surface area contributed by atoms with E-state index in [1.54, 1.807) is 6.08 Å². The summed E-state index contributed by atoms with van der Waals surface area (Å²) in [7, 11) is 0. The van der Waals surface area contributed by atoms with Gasteiger partial charge in [0.2, 0.25) is 0 Å². The average molecular weight is 220 g/mol. The Morgan fingerprint density at radius 1 is 1.50 bits per heavy atom. The second-order valence-electron chi connectivity index (χ2n) is 4.62. The van der Waals surface area contributed by atoms with Crippen molar-refractivity contribution < 1.29 is 9.13 Å². The van der Waals surface area contributed by atoms with E-state index in [9.17, 15) is 4.39 Å². The van der Waals surface area contributed by atoms with Gasteiger partial charge in [-0.1, -0.05) is 32.0 Å². The molecule has 0 atom stereocenters. The normalized spacial score (nSPS) is 15.1. The van der Waals surface area contributed by atoms with Crippen molar-refractivity contribution in [3.05, 3.63) is 35.2 Å². The lowest BCUT2D eigenvalue weighted by Gasteiger charge is -2.05. The lowest BCUT2D eigenvalue weighted by molar-refractivity contribution is 0.356. The molecule has 0 radical (unpaired) electrons. The molecule has 1 aliphatic heterocycles. The number of hydrogen-bond acceptors (Lipinski definition) is 1. The third kappa shape index (κ3) is 2.43. The first-order valence-electron chi connectivity index (χ1n) is 5.77. The number of fused-ring (bicyclic) bond motifs is 1. The molecule has 16 heavy (non-hydrogen) atoms. The molecule has 0 spiro atoms. The third-order valence-electron chi connectivity index (χ3n) is 2.66. The van der Waals surface area contributed by atoms with Crippen LogP contribution in [0.5, 0.6) is 5.75 Å². The van der Waals surface area contributed by atoms with E-state index in [-0.39, 0.29) is 5.83 Å². The fourth-order valence-electron chi connectivity index (χ4n) is 1.97. The van der Waals surface area contributed by atoms with Crippen molar-refractivity contribution in [3.8, 4) is 5.75 Å². The molecular formula is C14H17FO. The minimum Gasteiger partial charge on any atom is -0.492 e. The van der Waals surface area contributed by atoms with Crippen LogP contribution in [-0.4, -0.2) is 6.61 Å². The van der Waals surface area contributed by atoms with Gasteiger partial charge in [0.05, 0.1) is 6.61 Å². The van der Waals surface area contributed by atoms with Gasteiger partial charge in [0, 0.05) is 18.4 Å². The molecule has 0 fully saturated rings. The summed E-state index contributed by atoms with van der Waals surface area (Å²) in [6.45, 7) is 4.74. The van der Waals surface area contributed by atoms with Crippen molar-refractivity contribution in [1.29, 1.82) is 0 Å². The molecule has 0 aromatic heterocycles. The van der Waals surface area contributed by atoms with Crippen LogP contribution < -0.4 is 4.74 Å². The van der Waals surface area contributed by atoms with Crippen molar-refractivity contribution in [2.24, 2.45) is 5.92 Å². The van der Waals surface area contributed by atoms with Gasteiger partial charge in [-0.2, -0.15) is 0 Å². The summed E-state index contributed by atoms with van der Waals surface area (Å²) in [4.78, 5) is 0. The molecule has 0 N–H and O–H groups in total. The number of para-hydroxylation sites is 1. The van der Waals surface area contributed by atoms with Crippen LogP contribution in [0.3, 0.4) is 0 Å².